The van der Waals surface area contributed by atoms with E-state index in [2.05, 4.69) is 4.74 Å². The van der Waals surface area contributed by atoms with Gasteiger partial charge in [-0.3, -0.25) is 4.79 Å². The molecule has 0 spiro atoms. The van der Waals surface area contributed by atoms with E-state index in [0.29, 0.717) is 0 Å². The van der Waals surface area contributed by atoms with Gasteiger partial charge in [0, 0.05) is 6.04 Å². The highest BCUT2D eigenvalue weighted by Gasteiger charge is 2.41. The maximum Gasteiger partial charge on any atom is 0.416 e. The van der Waals surface area contributed by atoms with Crippen molar-refractivity contribution in [3.63, 3.8) is 0 Å². The van der Waals surface area contributed by atoms with Crippen LogP contribution in [-0.4, -0.2) is 13.1 Å². The van der Waals surface area contributed by atoms with E-state index in [4.69, 9.17) is 5.73 Å². The summed E-state index contributed by atoms with van der Waals surface area (Å²) in [7, 11) is 1.17. The summed E-state index contributed by atoms with van der Waals surface area (Å²) in [5.74, 6) is -0.656. The number of carbonyl (C=O) groups is 1. The predicted octanol–water partition coefficient (Wildman–Crippen LogP) is 3.33. The molecule has 0 aromatic heterocycles. The molecular formula is C13H17ClF3NO2. The van der Waals surface area contributed by atoms with Crippen molar-refractivity contribution in [2.45, 2.75) is 26.1 Å². The second kappa shape index (κ2) is 6.45. The van der Waals surface area contributed by atoms with Crippen molar-refractivity contribution in [3.8, 4) is 0 Å². The molecule has 0 aliphatic rings. The SMILES string of the molecule is COC(=O)C(C)(C)[C@H](N)c1ccccc1C(F)(F)F.Cl. The van der Waals surface area contributed by atoms with Gasteiger partial charge in [-0.05, 0) is 25.5 Å². The monoisotopic (exact) mass is 311 g/mol. The summed E-state index contributed by atoms with van der Waals surface area (Å²) in [6, 6.07) is 3.85. The molecule has 1 rings (SSSR count). The second-order valence-electron chi connectivity index (χ2n) is 4.78. The van der Waals surface area contributed by atoms with Gasteiger partial charge in [-0.1, -0.05) is 18.2 Å². The minimum absolute atomic E-state index is 0. The Bertz CT molecular complexity index is 475. The smallest absolute Gasteiger partial charge is 0.416 e. The van der Waals surface area contributed by atoms with Crippen molar-refractivity contribution in [1.29, 1.82) is 0 Å². The number of rotatable bonds is 3. The fourth-order valence-corrected chi connectivity index (χ4v) is 1.81. The van der Waals surface area contributed by atoms with Crippen LogP contribution in [0.25, 0.3) is 0 Å². The summed E-state index contributed by atoms with van der Waals surface area (Å²) in [6.45, 7) is 2.91. The molecule has 7 heteroatoms. The van der Waals surface area contributed by atoms with Crippen LogP contribution in [0.15, 0.2) is 24.3 Å². The van der Waals surface area contributed by atoms with Gasteiger partial charge in [0.2, 0.25) is 0 Å². The molecule has 3 nitrogen and oxygen atoms in total. The molecule has 0 saturated carbocycles. The number of halogens is 4. The zero-order chi connectivity index (χ0) is 14.8. The molecule has 0 fully saturated rings. The van der Waals surface area contributed by atoms with Crippen molar-refractivity contribution >= 4 is 18.4 Å². The van der Waals surface area contributed by atoms with Crippen LogP contribution >= 0.6 is 12.4 Å². The largest absolute Gasteiger partial charge is 0.469 e. The van der Waals surface area contributed by atoms with E-state index in [-0.39, 0.29) is 18.0 Å². The third-order valence-corrected chi connectivity index (χ3v) is 3.09. The first-order valence-electron chi connectivity index (χ1n) is 5.62. The van der Waals surface area contributed by atoms with E-state index >= 15 is 0 Å². The topological polar surface area (TPSA) is 52.3 Å². The number of hydrogen-bond donors (Lipinski definition) is 1. The molecule has 0 unspecified atom stereocenters. The molecule has 0 amide bonds. The van der Waals surface area contributed by atoms with Crippen molar-refractivity contribution in [3.05, 3.63) is 35.4 Å². The molecule has 0 aliphatic heterocycles. The zero-order valence-corrected chi connectivity index (χ0v) is 12.1. The molecule has 114 valence electrons. The molecule has 1 aromatic carbocycles. The van der Waals surface area contributed by atoms with Crippen LogP contribution < -0.4 is 5.73 Å². The Kier molecular flexibility index (Phi) is 6.04. The number of nitrogens with two attached hydrogens (primary N) is 1. The van der Waals surface area contributed by atoms with Crippen molar-refractivity contribution in [2.75, 3.05) is 7.11 Å². The summed E-state index contributed by atoms with van der Waals surface area (Å²) in [5.41, 5.74) is 3.64. The Labute approximate surface area is 121 Å². The lowest BCUT2D eigenvalue weighted by atomic mass is 9.79. The fourth-order valence-electron chi connectivity index (χ4n) is 1.81. The van der Waals surface area contributed by atoms with Crippen molar-refractivity contribution in [1.82, 2.24) is 0 Å². The Hall–Kier alpha value is -1.27. The van der Waals surface area contributed by atoms with E-state index < -0.39 is 29.2 Å². The van der Waals surface area contributed by atoms with Crippen LogP contribution in [0.5, 0.6) is 0 Å². The fraction of sp³-hybridized carbons (Fsp3) is 0.462. The average Bonchev–Trinajstić information content (AvgIpc) is 2.35. The molecule has 1 aromatic rings. The van der Waals surface area contributed by atoms with Gasteiger partial charge in [0.15, 0.2) is 0 Å². The normalized spacial score (nSPS) is 13.3. The van der Waals surface area contributed by atoms with E-state index in [1.165, 1.54) is 39.2 Å². The maximum absolute atomic E-state index is 12.9. The number of benzene rings is 1. The highest BCUT2D eigenvalue weighted by molar-refractivity contribution is 5.85. The highest BCUT2D eigenvalue weighted by Crippen LogP contribution is 2.39. The summed E-state index contributed by atoms with van der Waals surface area (Å²) in [5, 5.41) is 0. The summed E-state index contributed by atoms with van der Waals surface area (Å²) in [4.78, 5) is 11.6. The molecule has 2 N–H and O–H groups in total. The molecule has 0 saturated heterocycles. The van der Waals surface area contributed by atoms with Gasteiger partial charge in [-0.2, -0.15) is 13.2 Å². The van der Waals surface area contributed by atoms with Gasteiger partial charge in [0.25, 0.3) is 0 Å². The maximum atomic E-state index is 12.9. The molecule has 0 aliphatic carbocycles. The van der Waals surface area contributed by atoms with Crippen molar-refractivity contribution < 1.29 is 22.7 Å². The Balaban J connectivity index is 0.00000361. The second-order valence-corrected chi connectivity index (χ2v) is 4.78. The minimum atomic E-state index is -4.51. The molecule has 0 radical (unpaired) electrons. The van der Waals surface area contributed by atoms with Gasteiger partial charge in [-0.25, -0.2) is 0 Å². The third-order valence-electron chi connectivity index (χ3n) is 3.09. The minimum Gasteiger partial charge on any atom is -0.469 e. The van der Waals surface area contributed by atoms with E-state index in [1.54, 1.807) is 0 Å². The Morgan fingerprint density at radius 2 is 1.75 bits per heavy atom. The van der Waals surface area contributed by atoms with Gasteiger partial charge in [-0.15, -0.1) is 12.4 Å². The lowest BCUT2D eigenvalue weighted by Gasteiger charge is -2.30. The van der Waals surface area contributed by atoms with Gasteiger partial charge < -0.3 is 10.5 Å². The van der Waals surface area contributed by atoms with Gasteiger partial charge >= 0.3 is 12.1 Å². The van der Waals surface area contributed by atoms with Crippen LogP contribution in [0.4, 0.5) is 13.2 Å². The summed E-state index contributed by atoms with van der Waals surface area (Å²) < 4.78 is 43.3. The molecule has 1 atom stereocenters. The number of alkyl halides is 3. The quantitative estimate of drug-likeness (QED) is 0.871. The van der Waals surface area contributed by atoms with Crippen LogP contribution in [-0.2, 0) is 15.7 Å². The lowest BCUT2D eigenvalue weighted by Crippen LogP contribution is -2.38. The molecule has 20 heavy (non-hydrogen) atoms. The van der Waals surface area contributed by atoms with Gasteiger partial charge in [0.1, 0.15) is 0 Å². The van der Waals surface area contributed by atoms with E-state index in [1.807, 2.05) is 0 Å². The molecule has 0 bridgehead atoms. The van der Waals surface area contributed by atoms with Crippen molar-refractivity contribution in [2.24, 2.45) is 11.1 Å². The standard InChI is InChI=1S/C13H16F3NO2.ClH/c1-12(2,11(18)19-3)10(17)8-6-4-5-7-9(8)13(14,15)16;/h4-7,10H,17H2,1-3H3;1H/t10-;/m1./s1. The summed E-state index contributed by atoms with van der Waals surface area (Å²) >= 11 is 0. The average molecular weight is 312 g/mol. The highest BCUT2D eigenvalue weighted by atomic mass is 35.5. The summed E-state index contributed by atoms with van der Waals surface area (Å²) in [6.07, 6.45) is -4.51. The number of esters is 1. The molecular weight excluding hydrogens is 295 g/mol. The Morgan fingerprint density at radius 3 is 2.20 bits per heavy atom. The predicted molar refractivity (Wildman–Crippen MR) is 71.4 cm³/mol. The third kappa shape index (κ3) is 3.64. The first-order valence-corrected chi connectivity index (χ1v) is 5.62. The number of carbonyl (C=O) groups excluding carboxylic acids is 1. The van der Waals surface area contributed by atoms with Crippen LogP contribution in [0.3, 0.4) is 0 Å². The number of methoxy groups -OCH3 is 1. The first kappa shape index (κ1) is 18.7. The lowest BCUT2D eigenvalue weighted by molar-refractivity contribution is -0.153. The van der Waals surface area contributed by atoms with Crippen LogP contribution in [0.2, 0.25) is 0 Å². The first-order chi connectivity index (χ1) is 8.62. The zero-order valence-electron chi connectivity index (χ0n) is 11.3. The number of hydrogen-bond acceptors (Lipinski definition) is 3. The molecule has 0 heterocycles. The van der Waals surface area contributed by atoms with E-state index in [9.17, 15) is 18.0 Å². The van der Waals surface area contributed by atoms with Gasteiger partial charge in [0.05, 0.1) is 18.1 Å². The Morgan fingerprint density at radius 1 is 1.25 bits per heavy atom. The van der Waals surface area contributed by atoms with Crippen LogP contribution in [0, 0.1) is 5.41 Å². The van der Waals surface area contributed by atoms with Crippen LogP contribution in [0.1, 0.15) is 31.0 Å². The number of ether oxygens (including phenoxy) is 1. The van der Waals surface area contributed by atoms with E-state index in [0.717, 1.165) is 6.07 Å².